The number of thiol groups is 1. The Hall–Kier alpha value is -5.28. The fraction of sp³-hybridized carbons (Fsp3) is 0.558. The Labute approximate surface area is 443 Å². The molecule has 3 aliphatic rings. The molecule has 2 fully saturated rings. The van der Waals surface area contributed by atoms with E-state index in [4.69, 9.17) is 35.3 Å². The maximum absolute atomic E-state index is 14.3. The van der Waals surface area contributed by atoms with Gasteiger partial charge in [0.05, 0.1) is 37.5 Å². The van der Waals surface area contributed by atoms with E-state index in [1.165, 1.54) is 35.7 Å². The highest BCUT2D eigenvalue weighted by Gasteiger charge is 2.64. The molecule has 2 aromatic carbocycles. The number of rotatable bonds is 18. The molecule has 0 spiro atoms. The molecule has 6 amide bonds. The molecule has 4 bridgehead atoms. The largest absolute Gasteiger partial charge is 0.495 e. The third-order valence-electron chi connectivity index (χ3n) is 13.5. The number of epoxide rings is 1. The fourth-order valence-electron chi connectivity index (χ4n) is 8.65. The van der Waals surface area contributed by atoms with E-state index in [1.807, 2.05) is 56.3 Å². The normalized spacial score (nSPS) is 25.4. The number of benzene rings is 2. The van der Waals surface area contributed by atoms with E-state index in [9.17, 15) is 33.6 Å². The SMILES string of the molecule is COc1cc2cc(c1Cl)N(C)C(=O)CC(OC(=O)C(C)N(C)C(=O)CCSCc1ccc(NC(=O)C(C)NC(=O)C(C)NC(=O)CCCS)cc1)C1(C)OC1C(C)C1CC(NC(=O)O1)C(OC)/C=C/C=C(\C)C2. The first-order chi connectivity index (χ1) is 34.6. The predicted octanol–water partition coefficient (Wildman–Crippen LogP) is 6.18. The quantitative estimate of drug-likeness (QED) is 0.0488. The molecule has 21 heteroatoms. The monoisotopic (exact) mass is 1070 g/mol. The summed E-state index contributed by atoms with van der Waals surface area (Å²) in [4.78, 5) is 94.9. The van der Waals surface area contributed by atoms with Crippen molar-refractivity contribution in [2.75, 3.05) is 50.0 Å². The number of fused-ring (bicyclic) bond motifs is 5. The van der Waals surface area contributed by atoms with Gasteiger partial charge in [-0.15, -0.1) is 0 Å². The fourth-order valence-corrected chi connectivity index (χ4v) is 10.0. The summed E-state index contributed by atoms with van der Waals surface area (Å²) >= 11 is 12.4. The van der Waals surface area contributed by atoms with E-state index in [-0.39, 0.29) is 36.1 Å². The number of thioether (sulfide) groups is 1. The third kappa shape index (κ3) is 15.9. The molecule has 10 atom stereocenters. The zero-order chi connectivity index (χ0) is 53.7. The van der Waals surface area contributed by atoms with Crippen molar-refractivity contribution < 1.29 is 57.2 Å². The lowest BCUT2D eigenvalue weighted by Crippen LogP contribution is -2.53. The van der Waals surface area contributed by atoms with Gasteiger partial charge in [0.1, 0.15) is 46.7 Å². The molecule has 2 saturated heterocycles. The highest BCUT2D eigenvalue weighted by molar-refractivity contribution is 7.98. The summed E-state index contributed by atoms with van der Waals surface area (Å²) in [5, 5.41) is 11.1. The lowest BCUT2D eigenvalue weighted by atomic mass is 9.84. The van der Waals surface area contributed by atoms with E-state index >= 15 is 0 Å². The van der Waals surface area contributed by atoms with Gasteiger partial charge in [0.25, 0.3) is 0 Å². The van der Waals surface area contributed by atoms with Crippen LogP contribution in [-0.4, -0.2) is 141 Å². The molecule has 73 heavy (non-hydrogen) atoms. The van der Waals surface area contributed by atoms with E-state index in [0.29, 0.717) is 53.6 Å². The number of esters is 1. The maximum atomic E-state index is 14.3. The number of nitrogens with one attached hydrogen (secondary N) is 4. The number of halogens is 1. The molecule has 0 aromatic heterocycles. The summed E-state index contributed by atoms with van der Waals surface area (Å²) in [6.45, 7) is 10.3. The zero-order valence-corrected chi connectivity index (χ0v) is 45.7. The number of anilines is 2. The molecule has 10 unspecified atom stereocenters. The molecule has 3 aliphatic heterocycles. The summed E-state index contributed by atoms with van der Waals surface area (Å²) in [6, 6.07) is 7.68. The molecule has 0 saturated carbocycles. The van der Waals surface area contributed by atoms with Gasteiger partial charge in [0, 0.05) is 63.6 Å². The number of carbonyl (C=O) groups excluding carboxylic acids is 7. The number of methoxy groups -OCH3 is 2. The van der Waals surface area contributed by atoms with Crippen LogP contribution in [0.5, 0.6) is 5.75 Å². The Morgan fingerprint density at radius 1 is 1.04 bits per heavy atom. The minimum Gasteiger partial charge on any atom is -0.495 e. The van der Waals surface area contributed by atoms with Crippen LogP contribution in [0.15, 0.2) is 60.2 Å². The first-order valence-corrected chi connectivity index (χ1v) is 26.6. The number of nitrogens with zero attached hydrogens (tertiary/aromatic N) is 2. The van der Waals surface area contributed by atoms with Crippen LogP contribution in [0.4, 0.5) is 16.2 Å². The zero-order valence-electron chi connectivity index (χ0n) is 43.3. The average Bonchev–Trinajstić information content (AvgIpc) is 4.06. The maximum Gasteiger partial charge on any atom is 0.407 e. The Kier molecular flexibility index (Phi) is 21.5. The Bertz CT molecular complexity index is 2390. The first-order valence-electron chi connectivity index (χ1n) is 24.4. The van der Waals surface area contributed by atoms with Crippen LogP contribution in [-0.2, 0) is 59.9 Å². The average molecular weight is 1070 g/mol. The Balaban J connectivity index is 1.21. The van der Waals surface area contributed by atoms with Gasteiger partial charge in [-0.05, 0) is 88.6 Å². The molecule has 0 radical (unpaired) electrons. The molecular weight excluding hydrogens is 1000 g/mol. The van der Waals surface area contributed by atoms with Gasteiger partial charge in [-0.1, -0.05) is 54.5 Å². The van der Waals surface area contributed by atoms with Crippen molar-refractivity contribution in [3.05, 3.63) is 76.3 Å². The van der Waals surface area contributed by atoms with Crippen LogP contribution in [0, 0.1) is 5.92 Å². The van der Waals surface area contributed by atoms with Crippen LogP contribution < -0.4 is 30.9 Å². The number of hydrogen-bond acceptors (Lipinski definition) is 14. The van der Waals surface area contributed by atoms with E-state index < -0.39 is 89.9 Å². The number of amides is 6. The second-order valence-corrected chi connectivity index (χ2v) is 20.9. The van der Waals surface area contributed by atoms with E-state index in [0.717, 1.165) is 16.7 Å². The van der Waals surface area contributed by atoms with Gasteiger partial charge >= 0.3 is 12.1 Å². The van der Waals surface area contributed by atoms with E-state index in [2.05, 4.69) is 33.9 Å². The molecule has 3 heterocycles. The Morgan fingerprint density at radius 3 is 2.41 bits per heavy atom. The number of hydrogen-bond donors (Lipinski definition) is 5. The van der Waals surface area contributed by atoms with Crippen molar-refractivity contribution in [1.29, 1.82) is 0 Å². The van der Waals surface area contributed by atoms with Gasteiger partial charge < -0.3 is 54.8 Å². The molecule has 5 rings (SSSR count). The van der Waals surface area contributed by atoms with Gasteiger partial charge in [-0.3, -0.25) is 24.0 Å². The summed E-state index contributed by atoms with van der Waals surface area (Å²) in [5.74, 6) is -1.09. The smallest absolute Gasteiger partial charge is 0.407 e. The van der Waals surface area contributed by atoms with Crippen molar-refractivity contribution in [3.63, 3.8) is 0 Å². The van der Waals surface area contributed by atoms with Crippen molar-refractivity contribution in [1.82, 2.24) is 20.9 Å². The minimum absolute atomic E-state index is 0.121. The number of allylic oxidation sites excluding steroid dienone is 3. The number of ether oxygens (including phenoxy) is 5. The standard InChI is InChI=1S/C52H71ClN6O12S2/c1-29-13-11-14-39(67-9)37-26-40(69-51(66)57-37)30(2)47-52(6,71-47)42(27-45(62)59(8)38-24-35(23-29)25-41(68-10)46(38)53)70-50(65)33(5)58(7)44(61)20-22-73-28-34-16-18-36(19-17-34)56-49(64)32(4)55-48(63)31(3)54-43(60)15-12-21-72/h11,13-14,16-19,24-25,30-33,37,39-40,42,47,72H,12,15,20-23,26-28H2,1-10H3,(H,54,60)(H,55,63)(H,56,64)(H,57,66)/b14-11+,29-13+. The lowest BCUT2D eigenvalue weighted by Gasteiger charge is -2.36. The van der Waals surface area contributed by atoms with Gasteiger partial charge in [-0.2, -0.15) is 24.4 Å². The van der Waals surface area contributed by atoms with Crippen LogP contribution >= 0.6 is 36.0 Å². The summed E-state index contributed by atoms with van der Waals surface area (Å²) in [5.41, 5.74) is 2.50. The number of likely N-dealkylation sites (N-methyl/N-ethyl adjacent to an activating group) is 1. The molecule has 4 N–H and O–H groups in total. The summed E-state index contributed by atoms with van der Waals surface area (Å²) < 4.78 is 29.8. The van der Waals surface area contributed by atoms with Crippen LogP contribution in [0.2, 0.25) is 5.02 Å². The topological polar surface area (TPSA) is 224 Å². The van der Waals surface area contributed by atoms with Gasteiger partial charge in [0.15, 0.2) is 0 Å². The second kappa shape index (κ2) is 26.8. The highest BCUT2D eigenvalue weighted by Crippen LogP contribution is 2.49. The van der Waals surface area contributed by atoms with Crippen molar-refractivity contribution in [2.24, 2.45) is 5.92 Å². The van der Waals surface area contributed by atoms with Crippen LogP contribution in [0.1, 0.15) is 84.8 Å². The summed E-state index contributed by atoms with van der Waals surface area (Å²) in [6.07, 6.45) is 3.86. The van der Waals surface area contributed by atoms with E-state index in [1.54, 1.807) is 54.0 Å². The molecule has 0 aliphatic carbocycles. The first kappa shape index (κ1) is 58.6. The van der Waals surface area contributed by atoms with Crippen molar-refractivity contribution in [3.8, 4) is 5.75 Å². The number of alkyl carbamates (subject to hydrolysis) is 1. The lowest BCUT2D eigenvalue weighted by molar-refractivity contribution is -0.162. The molecule has 400 valence electrons. The summed E-state index contributed by atoms with van der Waals surface area (Å²) in [7, 11) is 6.19. The van der Waals surface area contributed by atoms with Gasteiger partial charge in [-0.25, -0.2) is 9.59 Å². The molecule has 18 nitrogen and oxygen atoms in total. The van der Waals surface area contributed by atoms with Crippen LogP contribution in [0.25, 0.3) is 0 Å². The Morgan fingerprint density at radius 2 is 1.74 bits per heavy atom. The van der Waals surface area contributed by atoms with Crippen molar-refractivity contribution >= 4 is 89.0 Å². The third-order valence-corrected chi connectivity index (χ3v) is 15.2. The highest BCUT2D eigenvalue weighted by atomic mass is 35.5. The van der Waals surface area contributed by atoms with Crippen LogP contribution in [0.3, 0.4) is 0 Å². The van der Waals surface area contributed by atoms with Gasteiger partial charge in [0.2, 0.25) is 29.5 Å². The second-order valence-electron chi connectivity index (χ2n) is 19.0. The minimum atomic E-state index is -1.18. The van der Waals surface area contributed by atoms with Crippen molar-refractivity contribution in [2.45, 2.75) is 140 Å². The molecule has 2 aromatic rings. The molecular formula is C52H71ClN6O12S2. The predicted molar refractivity (Wildman–Crippen MR) is 284 cm³/mol. The number of carbonyl (C=O) groups is 7.